The average Bonchev–Trinajstić information content (AvgIpc) is 3.74. The lowest BCUT2D eigenvalue weighted by Crippen LogP contribution is -2.11. The lowest BCUT2D eigenvalue weighted by Gasteiger charge is -2.24. The van der Waals surface area contributed by atoms with E-state index in [4.69, 9.17) is 13.8 Å². The molecular weight excluding hydrogens is 561 g/mol. The van der Waals surface area contributed by atoms with Gasteiger partial charge in [0.25, 0.3) is 0 Å². The smallest absolute Gasteiger partial charge is 0.154 e. The molecule has 44 heavy (non-hydrogen) atoms. The number of nitrogens with zero attached hydrogens (tertiary/aromatic N) is 2. The minimum absolute atomic E-state index is 0.773. The Hall–Kier alpha value is -5.65. The molecular formula is C39H22N2O2S. The van der Waals surface area contributed by atoms with Crippen molar-refractivity contribution in [1.82, 2.24) is 4.98 Å². The van der Waals surface area contributed by atoms with Crippen LogP contribution in [0, 0.1) is 0 Å². The van der Waals surface area contributed by atoms with E-state index in [1.54, 1.807) is 0 Å². The fraction of sp³-hybridized carbons (Fsp3) is 0. The maximum Gasteiger partial charge on any atom is 0.154 e. The molecule has 0 radical (unpaired) electrons. The Morgan fingerprint density at radius 1 is 0.455 bits per heavy atom. The highest BCUT2D eigenvalue weighted by Gasteiger charge is 2.20. The Bertz CT molecular complexity index is 2640. The molecule has 0 aliphatic heterocycles. The summed E-state index contributed by atoms with van der Waals surface area (Å²) in [4.78, 5) is 7.54. The first kappa shape index (κ1) is 23.9. The van der Waals surface area contributed by atoms with Gasteiger partial charge in [0.2, 0.25) is 0 Å². The lowest BCUT2D eigenvalue weighted by atomic mass is 10.1. The molecule has 0 aliphatic rings. The molecule has 206 valence electrons. The quantitative estimate of drug-likeness (QED) is 0.208. The van der Waals surface area contributed by atoms with Gasteiger partial charge in [-0.1, -0.05) is 60.7 Å². The Labute approximate surface area is 255 Å². The number of fused-ring (bicyclic) bond motifs is 10. The minimum Gasteiger partial charge on any atom is -0.456 e. The van der Waals surface area contributed by atoms with Crippen LogP contribution in [0.15, 0.2) is 142 Å². The third-order valence-corrected chi connectivity index (χ3v) is 9.78. The van der Waals surface area contributed by atoms with Crippen molar-refractivity contribution in [2.45, 2.75) is 0 Å². The third kappa shape index (κ3) is 3.47. The van der Waals surface area contributed by atoms with Gasteiger partial charge in [-0.2, -0.15) is 0 Å². The van der Waals surface area contributed by atoms with Crippen LogP contribution < -0.4 is 4.90 Å². The van der Waals surface area contributed by atoms with Crippen molar-refractivity contribution in [1.29, 1.82) is 0 Å². The van der Waals surface area contributed by atoms with E-state index in [9.17, 15) is 0 Å². The number of thiophene rings is 1. The molecule has 0 saturated carbocycles. The number of rotatable bonds is 3. The van der Waals surface area contributed by atoms with Crippen molar-refractivity contribution in [2.75, 3.05) is 4.90 Å². The average molecular weight is 583 g/mol. The number of anilines is 3. The molecule has 0 bridgehead atoms. The summed E-state index contributed by atoms with van der Waals surface area (Å²) in [5.74, 6) is 0.819. The zero-order chi connectivity index (χ0) is 28.8. The minimum atomic E-state index is 0.773. The predicted molar refractivity (Wildman–Crippen MR) is 184 cm³/mol. The topological polar surface area (TPSA) is 42.4 Å². The number of furan rings is 2. The van der Waals surface area contributed by atoms with Crippen LogP contribution in [-0.2, 0) is 0 Å². The Balaban J connectivity index is 1.24. The van der Waals surface area contributed by atoms with Crippen molar-refractivity contribution in [3.05, 3.63) is 133 Å². The van der Waals surface area contributed by atoms with Crippen LogP contribution in [0.2, 0.25) is 0 Å². The standard InChI is InChI=1S/C39H22N2O2S/c1-2-8-24-20-35-31(19-23(24)7-1)39-34(43-35)16-18-38(40-39)41(25-13-15-33-29(21-25)27-9-3-5-11-32(27)42-33)26-14-17-37-30(22-26)28-10-4-6-12-36(28)44-37/h1-22H. The summed E-state index contributed by atoms with van der Waals surface area (Å²) in [5, 5.41) is 8.00. The first-order valence-electron chi connectivity index (χ1n) is 14.6. The van der Waals surface area contributed by atoms with Gasteiger partial charge in [0.1, 0.15) is 28.1 Å². The van der Waals surface area contributed by atoms with Crippen molar-refractivity contribution >= 4 is 103 Å². The predicted octanol–water partition coefficient (Wildman–Crippen LogP) is 11.9. The molecule has 5 heteroatoms. The SMILES string of the molecule is c1ccc2cc3c(cc2c1)oc1ccc(N(c2ccc4oc5ccccc5c4c2)c2ccc4sc5ccccc5c4c2)nc13. The molecule has 6 aromatic carbocycles. The Kier molecular flexibility index (Phi) is 4.84. The molecule has 4 aromatic heterocycles. The molecule has 0 fully saturated rings. The summed E-state index contributed by atoms with van der Waals surface area (Å²) < 4.78 is 15.0. The van der Waals surface area contributed by atoms with E-state index in [1.807, 2.05) is 29.5 Å². The number of benzene rings is 6. The first-order chi connectivity index (χ1) is 21.8. The molecule has 0 atom stereocenters. The molecule has 10 rings (SSSR count). The van der Waals surface area contributed by atoms with E-state index < -0.39 is 0 Å². The molecule has 4 heterocycles. The maximum atomic E-state index is 6.31. The Morgan fingerprint density at radius 2 is 1.11 bits per heavy atom. The zero-order valence-corrected chi connectivity index (χ0v) is 24.1. The van der Waals surface area contributed by atoms with Gasteiger partial charge in [0, 0.05) is 47.7 Å². The number of aromatic nitrogens is 1. The number of pyridine rings is 1. The van der Waals surface area contributed by atoms with Gasteiger partial charge < -0.3 is 8.83 Å². The number of para-hydroxylation sites is 1. The van der Waals surface area contributed by atoms with Crippen molar-refractivity contribution in [2.24, 2.45) is 0 Å². The number of hydrogen-bond acceptors (Lipinski definition) is 5. The summed E-state index contributed by atoms with van der Waals surface area (Å²) in [6.45, 7) is 0. The van der Waals surface area contributed by atoms with Gasteiger partial charge in [0.15, 0.2) is 5.58 Å². The van der Waals surface area contributed by atoms with E-state index in [1.165, 1.54) is 25.6 Å². The molecule has 0 spiro atoms. The molecule has 0 saturated heterocycles. The molecule has 0 unspecified atom stereocenters. The molecule has 0 amide bonds. The van der Waals surface area contributed by atoms with E-state index in [2.05, 4.69) is 120 Å². The van der Waals surface area contributed by atoms with Crippen molar-refractivity contribution in [3.8, 4) is 0 Å². The molecule has 10 aromatic rings. The highest BCUT2D eigenvalue weighted by Crippen LogP contribution is 2.43. The monoisotopic (exact) mass is 582 g/mol. The third-order valence-electron chi connectivity index (χ3n) is 8.63. The van der Waals surface area contributed by atoms with Crippen molar-refractivity contribution < 1.29 is 8.83 Å². The first-order valence-corrected chi connectivity index (χ1v) is 15.4. The van der Waals surface area contributed by atoms with Gasteiger partial charge in [0.05, 0.1) is 0 Å². The van der Waals surface area contributed by atoms with E-state index in [0.29, 0.717) is 0 Å². The van der Waals surface area contributed by atoms with Crippen LogP contribution in [0.4, 0.5) is 17.2 Å². The summed E-state index contributed by atoms with van der Waals surface area (Å²) >= 11 is 1.82. The summed E-state index contributed by atoms with van der Waals surface area (Å²) in [7, 11) is 0. The fourth-order valence-electron chi connectivity index (χ4n) is 6.56. The molecule has 4 nitrogen and oxygen atoms in total. The zero-order valence-electron chi connectivity index (χ0n) is 23.3. The van der Waals surface area contributed by atoms with Crippen LogP contribution in [-0.4, -0.2) is 4.98 Å². The summed E-state index contributed by atoms with van der Waals surface area (Å²) in [6.07, 6.45) is 0. The summed E-state index contributed by atoms with van der Waals surface area (Å²) in [5.41, 5.74) is 6.26. The second-order valence-corrected chi connectivity index (χ2v) is 12.3. The van der Waals surface area contributed by atoms with E-state index in [0.717, 1.165) is 66.6 Å². The molecule has 0 N–H and O–H groups in total. The van der Waals surface area contributed by atoms with Crippen LogP contribution in [0.3, 0.4) is 0 Å². The van der Waals surface area contributed by atoms with Gasteiger partial charge in [-0.3, -0.25) is 4.90 Å². The van der Waals surface area contributed by atoms with Crippen molar-refractivity contribution in [3.63, 3.8) is 0 Å². The van der Waals surface area contributed by atoms with Crippen LogP contribution in [0.5, 0.6) is 0 Å². The highest BCUT2D eigenvalue weighted by molar-refractivity contribution is 7.25. The van der Waals surface area contributed by atoms with Crippen LogP contribution in [0.1, 0.15) is 0 Å². The fourth-order valence-corrected chi connectivity index (χ4v) is 7.65. The number of hydrogen-bond donors (Lipinski definition) is 0. The van der Waals surface area contributed by atoms with Gasteiger partial charge >= 0.3 is 0 Å². The normalized spacial score (nSPS) is 12.1. The Morgan fingerprint density at radius 3 is 2.02 bits per heavy atom. The second kappa shape index (κ2) is 8.93. The van der Waals surface area contributed by atoms with E-state index in [-0.39, 0.29) is 0 Å². The highest BCUT2D eigenvalue weighted by atomic mass is 32.1. The lowest BCUT2D eigenvalue weighted by molar-refractivity contribution is 0.668. The largest absolute Gasteiger partial charge is 0.456 e. The second-order valence-electron chi connectivity index (χ2n) is 11.2. The summed E-state index contributed by atoms with van der Waals surface area (Å²) in [6, 6.07) is 46.7. The molecule has 0 aliphatic carbocycles. The van der Waals surface area contributed by atoms with Crippen LogP contribution in [0.25, 0.3) is 75.0 Å². The van der Waals surface area contributed by atoms with Gasteiger partial charge in [-0.15, -0.1) is 11.3 Å². The van der Waals surface area contributed by atoms with Gasteiger partial charge in [-0.05, 0) is 83.6 Å². The van der Waals surface area contributed by atoms with Crippen LogP contribution >= 0.6 is 11.3 Å². The maximum absolute atomic E-state index is 6.31. The van der Waals surface area contributed by atoms with E-state index >= 15 is 0 Å². The van der Waals surface area contributed by atoms with Gasteiger partial charge in [-0.25, -0.2) is 4.98 Å².